The Bertz CT molecular complexity index is 733. The molecule has 3 heterocycles. The van der Waals surface area contributed by atoms with Gasteiger partial charge < -0.3 is 15.1 Å². The smallest absolute Gasteiger partial charge is 0.272 e. The lowest BCUT2D eigenvalue weighted by molar-refractivity contribution is -0.122. The van der Waals surface area contributed by atoms with Gasteiger partial charge in [0.25, 0.3) is 5.91 Å². The largest absolute Gasteiger partial charge is 0.467 e. The zero-order chi connectivity index (χ0) is 18.5. The number of amides is 2. The number of likely N-dealkylation sites (tertiary alicyclic amines) is 1. The molecule has 1 fully saturated rings. The molecule has 8 nitrogen and oxygen atoms in total. The van der Waals surface area contributed by atoms with Crippen LogP contribution in [0.15, 0.2) is 28.9 Å². The third-order valence-electron chi connectivity index (χ3n) is 4.59. The summed E-state index contributed by atoms with van der Waals surface area (Å²) in [7, 11) is 1.82. The van der Waals surface area contributed by atoms with Crippen molar-refractivity contribution in [2.24, 2.45) is 7.05 Å². The van der Waals surface area contributed by atoms with Crippen LogP contribution in [0.5, 0.6) is 0 Å². The van der Waals surface area contributed by atoms with E-state index in [0.29, 0.717) is 25.3 Å². The van der Waals surface area contributed by atoms with Crippen LogP contribution in [0.25, 0.3) is 0 Å². The summed E-state index contributed by atoms with van der Waals surface area (Å²) in [5.74, 6) is 0.518. The van der Waals surface area contributed by atoms with Crippen molar-refractivity contribution in [3.05, 3.63) is 41.6 Å². The van der Waals surface area contributed by atoms with Crippen molar-refractivity contribution < 1.29 is 14.0 Å². The molecular formula is C18H25N5O3. The van der Waals surface area contributed by atoms with Gasteiger partial charge in [-0.1, -0.05) is 0 Å². The Labute approximate surface area is 152 Å². The average Bonchev–Trinajstić information content (AvgIpc) is 3.24. The van der Waals surface area contributed by atoms with Gasteiger partial charge in [-0.3, -0.25) is 19.2 Å². The molecule has 1 aliphatic rings. The van der Waals surface area contributed by atoms with Crippen LogP contribution in [0.2, 0.25) is 0 Å². The molecule has 2 aromatic heterocycles. The third kappa shape index (κ3) is 4.72. The molecule has 2 amide bonds. The van der Waals surface area contributed by atoms with Crippen LogP contribution in [0.3, 0.4) is 0 Å². The van der Waals surface area contributed by atoms with E-state index in [2.05, 4.69) is 20.6 Å². The van der Waals surface area contributed by atoms with Crippen LogP contribution in [-0.2, 0) is 18.4 Å². The summed E-state index contributed by atoms with van der Waals surface area (Å²) in [6.07, 6.45) is 3.43. The first-order chi connectivity index (χ1) is 12.5. The molecule has 0 radical (unpaired) electrons. The zero-order valence-electron chi connectivity index (χ0n) is 15.2. The van der Waals surface area contributed by atoms with Gasteiger partial charge in [0, 0.05) is 25.3 Å². The van der Waals surface area contributed by atoms with Crippen molar-refractivity contribution in [3.8, 4) is 0 Å². The van der Waals surface area contributed by atoms with Crippen LogP contribution in [0.4, 0.5) is 0 Å². The summed E-state index contributed by atoms with van der Waals surface area (Å²) in [5, 5.41) is 10.1. The van der Waals surface area contributed by atoms with E-state index in [1.165, 1.54) is 0 Å². The summed E-state index contributed by atoms with van der Waals surface area (Å²) in [6.45, 7) is 4.12. The summed E-state index contributed by atoms with van der Waals surface area (Å²) in [4.78, 5) is 26.5. The standard InChI is InChI=1S/C18H25N5O3/c1-13-9-16(21-22(13)2)18(25)20-14-5-3-7-23(11-14)12-17(24)19-10-15-6-4-8-26-15/h4,6,8-9,14H,3,5,7,10-12H2,1-2H3,(H,19,24)(H,20,25). The van der Waals surface area contributed by atoms with Gasteiger partial charge >= 0.3 is 0 Å². The zero-order valence-corrected chi connectivity index (χ0v) is 15.2. The minimum absolute atomic E-state index is 0.0245. The molecule has 1 saturated heterocycles. The maximum atomic E-state index is 12.3. The van der Waals surface area contributed by atoms with Crippen molar-refractivity contribution >= 4 is 11.8 Å². The van der Waals surface area contributed by atoms with Gasteiger partial charge in [0.05, 0.1) is 19.4 Å². The first-order valence-corrected chi connectivity index (χ1v) is 8.84. The number of furan rings is 1. The average molecular weight is 359 g/mol. The Morgan fingerprint density at radius 1 is 1.42 bits per heavy atom. The van der Waals surface area contributed by atoms with Gasteiger partial charge in [0.1, 0.15) is 11.5 Å². The van der Waals surface area contributed by atoms with Crippen LogP contribution in [-0.4, -0.2) is 52.2 Å². The molecule has 26 heavy (non-hydrogen) atoms. The predicted molar refractivity (Wildman–Crippen MR) is 95.4 cm³/mol. The van der Waals surface area contributed by atoms with E-state index < -0.39 is 0 Å². The summed E-state index contributed by atoms with van der Waals surface area (Å²) >= 11 is 0. The van der Waals surface area contributed by atoms with E-state index in [0.717, 1.165) is 30.8 Å². The number of hydrogen-bond donors (Lipinski definition) is 2. The number of piperidine rings is 1. The molecule has 0 aromatic carbocycles. The second-order valence-electron chi connectivity index (χ2n) is 6.70. The molecule has 1 atom stereocenters. The highest BCUT2D eigenvalue weighted by molar-refractivity contribution is 5.92. The molecule has 1 unspecified atom stereocenters. The van der Waals surface area contributed by atoms with Gasteiger partial charge in [0.15, 0.2) is 0 Å². The summed E-state index contributed by atoms with van der Waals surface area (Å²) in [6, 6.07) is 5.42. The highest BCUT2D eigenvalue weighted by Gasteiger charge is 2.24. The minimum atomic E-state index is -0.164. The molecule has 8 heteroatoms. The second-order valence-corrected chi connectivity index (χ2v) is 6.70. The Hall–Kier alpha value is -2.61. The SMILES string of the molecule is Cc1cc(C(=O)NC2CCCN(CC(=O)NCc3ccco3)C2)nn1C. The monoisotopic (exact) mass is 359 g/mol. The summed E-state index contributed by atoms with van der Waals surface area (Å²) in [5.41, 5.74) is 1.37. The molecule has 2 N–H and O–H groups in total. The van der Waals surface area contributed by atoms with Crippen LogP contribution >= 0.6 is 0 Å². The van der Waals surface area contributed by atoms with Gasteiger partial charge in [-0.25, -0.2) is 0 Å². The maximum Gasteiger partial charge on any atom is 0.272 e. The molecule has 0 saturated carbocycles. The van der Waals surface area contributed by atoms with Crippen LogP contribution in [0.1, 0.15) is 34.8 Å². The van der Waals surface area contributed by atoms with E-state index in [9.17, 15) is 9.59 Å². The molecule has 1 aliphatic heterocycles. The van der Waals surface area contributed by atoms with Gasteiger partial charge in [-0.05, 0) is 44.5 Å². The highest BCUT2D eigenvalue weighted by atomic mass is 16.3. The number of nitrogens with one attached hydrogen (secondary N) is 2. The molecule has 0 spiro atoms. The first kappa shape index (κ1) is 18.2. The molecule has 3 rings (SSSR count). The lowest BCUT2D eigenvalue weighted by Gasteiger charge is -2.32. The summed E-state index contributed by atoms with van der Waals surface area (Å²) < 4.78 is 6.89. The fourth-order valence-electron chi connectivity index (χ4n) is 3.11. The van der Waals surface area contributed by atoms with E-state index in [-0.39, 0.29) is 17.9 Å². The molecule has 2 aromatic rings. The quantitative estimate of drug-likeness (QED) is 0.797. The Morgan fingerprint density at radius 3 is 2.96 bits per heavy atom. The molecule has 0 aliphatic carbocycles. The van der Waals surface area contributed by atoms with Gasteiger partial charge in [-0.2, -0.15) is 5.10 Å². The fourth-order valence-corrected chi connectivity index (χ4v) is 3.11. The lowest BCUT2D eigenvalue weighted by atomic mass is 10.1. The van der Waals surface area contributed by atoms with Gasteiger partial charge in [0.2, 0.25) is 5.91 Å². The Kier molecular flexibility index (Phi) is 5.72. The van der Waals surface area contributed by atoms with Crippen molar-refractivity contribution in [1.82, 2.24) is 25.3 Å². The number of nitrogens with zero attached hydrogens (tertiary/aromatic N) is 3. The topological polar surface area (TPSA) is 92.4 Å². The number of carbonyl (C=O) groups excluding carboxylic acids is 2. The second kappa shape index (κ2) is 8.18. The Morgan fingerprint density at radius 2 is 2.27 bits per heavy atom. The minimum Gasteiger partial charge on any atom is -0.467 e. The number of hydrogen-bond acceptors (Lipinski definition) is 5. The first-order valence-electron chi connectivity index (χ1n) is 8.84. The maximum absolute atomic E-state index is 12.3. The Balaban J connectivity index is 1.46. The third-order valence-corrected chi connectivity index (χ3v) is 4.59. The molecule has 0 bridgehead atoms. The van der Waals surface area contributed by atoms with Crippen molar-refractivity contribution in [1.29, 1.82) is 0 Å². The lowest BCUT2D eigenvalue weighted by Crippen LogP contribution is -2.50. The van der Waals surface area contributed by atoms with Crippen molar-refractivity contribution in [2.45, 2.75) is 32.4 Å². The van der Waals surface area contributed by atoms with E-state index in [4.69, 9.17) is 4.42 Å². The van der Waals surface area contributed by atoms with E-state index >= 15 is 0 Å². The number of aryl methyl sites for hydroxylation is 2. The molecule has 140 valence electrons. The molecular weight excluding hydrogens is 334 g/mol. The van der Waals surface area contributed by atoms with Crippen molar-refractivity contribution in [2.75, 3.05) is 19.6 Å². The van der Waals surface area contributed by atoms with Gasteiger partial charge in [-0.15, -0.1) is 0 Å². The highest BCUT2D eigenvalue weighted by Crippen LogP contribution is 2.11. The predicted octanol–water partition coefficient (Wildman–Crippen LogP) is 0.832. The fraction of sp³-hybridized carbons (Fsp3) is 0.500. The van der Waals surface area contributed by atoms with Crippen molar-refractivity contribution in [3.63, 3.8) is 0 Å². The van der Waals surface area contributed by atoms with E-state index in [1.54, 1.807) is 23.1 Å². The van der Waals surface area contributed by atoms with Crippen LogP contribution < -0.4 is 10.6 Å². The normalized spacial score (nSPS) is 17.8. The number of aromatic nitrogens is 2. The van der Waals surface area contributed by atoms with Crippen LogP contribution in [0, 0.1) is 6.92 Å². The number of rotatable bonds is 6. The number of carbonyl (C=O) groups is 2. The van der Waals surface area contributed by atoms with E-state index in [1.807, 2.05) is 20.0 Å².